The summed E-state index contributed by atoms with van der Waals surface area (Å²) in [5, 5.41) is 2.85. The van der Waals surface area contributed by atoms with Crippen molar-refractivity contribution in [3.63, 3.8) is 0 Å². The van der Waals surface area contributed by atoms with Gasteiger partial charge in [0.25, 0.3) is 11.8 Å². The quantitative estimate of drug-likeness (QED) is 0.706. The molecule has 1 fully saturated rings. The monoisotopic (exact) mass is 306 g/mol. The summed E-state index contributed by atoms with van der Waals surface area (Å²) in [5.41, 5.74) is -0.617. The lowest BCUT2D eigenvalue weighted by molar-refractivity contribution is -0.148. The molecule has 1 spiro atoms. The molecular weight excluding hydrogens is 291 g/mol. The minimum absolute atomic E-state index is 0.0469. The number of amides is 4. The van der Waals surface area contributed by atoms with Crippen LogP contribution >= 0.6 is 0 Å². The molecule has 116 valence electrons. The van der Waals surface area contributed by atoms with Crippen molar-refractivity contribution in [2.24, 2.45) is 0 Å². The molecule has 1 saturated heterocycles. The van der Waals surface area contributed by atoms with Gasteiger partial charge in [-0.1, -0.05) is 0 Å². The van der Waals surface area contributed by atoms with Crippen LogP contribution in [0.25, 0.3) is 0 Å². The second kappa shape index (κ2) is 4.43. The molecule has 4 amide bonds. The van der Waals surface area contributed by atoms with E-state index in [1.165, 1.54) is 26.2 Å². The zero-order valence-corrected chi connectivity index (χ0v) is 12.4. The zero-order chi connectivity index (χ0) is 16.2. The summed E-state index contributed by atoms with van der Waals surface area (Å²) >= 11 is 0. The number of nitrogens with zero attached hydrogens (tertiary/aromatic N) is 3. The minimum atomic E-state index is -1.63. The lowest BCUT2D eigenvalue weighted by Crippen LogP contribution is -2.74. The summed E-state index contributed by atoms with van der Waals surface area (Å²) in [6.07, 6.45) is 0. The number of imide groups is 2. The molecule has 2 aliphatic rings. The van der Waals surface area contributed by atoms with Crippen molar-refractivity contribution in [3.8, 4) is 0 Å². The van der Waals surface area contributed by atoms with Gasteiger partial charge in [0.1, 0.15) is 5.82 Å². The minimum Gasteiger partial charge on any atom is -0.369 e. The van der Waals surface area contributed by atoms with Crippen LogP contribution in [0.4, 0.5) is 20.6 Å². The van der Waals surface area contributed by atoms with E-state index in [0.29, 0.717) is 11.4 Å². The van der Waals surface area contributed by atoms with Gasteiger partial charge in [-0.2, -0.15) is 0 Å². The topological polar surface area (TPSA) is 73.0 Å². The average Bonchev–Trinajstić information content (AvgIpc) is 2.49. The van der Waals surface area contributed by atoms with E-state index in [0.717, 1.165) is 9.80 Å². The predicted octanol–water partition coefficient (Wildman–Crippen LogP) is 0.477. The van der Waals surface area contributed by atoms with E-state index >= 15 is 0 Å². The van der Waals surface area contributed by atoms with Crippen LogP contribution in [0.5, 0.6) is 0 Å². The van der Waals surface area contributed by atoms with Crippen molar-refractivity contribution in [1.82, 2.24) is 9.80 Å². The Bertz CT molecular complexity index is 681. The molecule has 2 heterocycles. The molecule has 2 aliphatic heterocycles. The molecule has 8 heteroatoms. The third kappa shape index (κ3) is 1.69. The normalized spacial score (nSPS) is 20.4. The largest absolute Gasteiger partial charge is 0.369 e. The number of nitrogens with one attached hydrogen (secondary N) is 1. The van der Waals surface area contributed by atoms with E-state index in [1.54, 1.807) is 18.0 Å². The highest BCUT2D eigenvalue weighted by Crippen LogP contribution is 2.37. The fourth-order valence-electron chi connectivity index (χ4n) is 2.96. The Morgan fingerprint density at radius 2 is 1.68 bits per heavy atom. The number of barbiturate groups is 1. The highest BCUT2D eigenvalue weighted by Gasteiger charge is 2.58. The highest BCUT2D eigenvalue weighted by atomic mass is 19.1. The lowest BCUT2D eigenvalue weighted by Gasteiger charge is -2.47. The van der Waals surface area contributed by atoms with Gasteiger partial charge in [0, 0.05) is 21.1 Å². The summed E-state index contributed by atoms with van der Waals surface area (Å²) < 4.78 is 13.5. The fraction of sp³-hybridized carbons (Fsp3) is 0.357. The number of carbonyl (C=O) groups is 3. The summed E-state index contributed by atoms with van der Waals surface area (Å²) in [7, 11) is 4.34. The number of halogens is 1. The van der Waals surface area contributed by atoms with Gasteiger partial charge in [-0.25, -0.2) is 9.18 Å². The Labute approximate surface area is 126 Å². The molecule has 1 aromatic carbocycles. The fourth-order valence-corrected chi connectivity index (χ4v) is 2.96. The zero-order valence-electron chi connectivity index (χ0n) is 12.4. The van der Waals surface area contributed by atoms with Gasteiger partial charge in [0.05, 0.1) is 17.9 Å². The summed E-state index contributed by atoms with van der Waals surface area (Å²) in [4.78, 5) is 40.5. The Morgan fingerprint density at radius 3 is 2.27 bits per heavy atom. The standard InChI is InChI=1S/C14H15FN4O3/c1-17-7-14(16-9-6-8(15)4-5-10(9)17)11(20)18(2)13(22)19(3)12(14)21/h4-6,16H,7H2,1-3H3. The van der Waals surface area contributed by atoms with Crippen LogP contribution in [0, 0.1) is 5.82 Å². The van der Waals surface area contributed by atoms with Crippen molar-refractivity contribution < 1.29 is 18.8 Å². The van der Waals surface area contributed by atoms with Gasteiger partial charge in [0.2, 0.25) is 5.54 Å². The molecule has 1 aromatic rings. The van der Waals surface area contributed by atoms with Crippen LogP contribution in [-0.2, 0) is 9.59 Å². The summed E-state index contributed by atoms with van der Waals surface area (Å²) in [6.45, 7) is 0.0469. The van der Waals surface area contributed by atoms with Crippen molar-refractivity contribution in [3.05, 3.63) is 24.0 Å². The van der Waals surface area contributed by atoms with E-state index in [2.05, 4.69) is 5.32 Å². The first-order valence-corrected chi connectivity index (χ1v) is 6.67. The number of carbonyl (C=O) groups excluding carboxylic acids is 3. The van der Waals surface area contributed by atoms with E-state index in [1.807, 2.05) is 0 Å². The molecule has 0 atom stereocenters. The first-order chi connectivity index (χ1) is 10.3. The molecule has 0 aromatic heterocycles. The molecule has 0 radical (unpaired) electrons. The maximum atomic E-state index is 13.5. The van der Waals surface area contributed by atoms with Crippen LogP contribution in [0.1, 0.15) is 0 Å². The molecule has 1 N–H and O–H groups in total. The van der Waals surface area contributed by atoms with Gasteiger partial charge in [-0.15, -0.1) is 0 Å². The molecule has 0 aliphatic carbocycles. The van der Waals surface area contributed by atoms with Crippen LogP contribution < -0.4 is 10.2 Å². The van der Waals surface area contributed by atoms with E-state index in [4.69, 9.17) is 0 Å². The van der Waals surface area contributed by atoms with Crippen molar-refractivity contribution >= 4 is 29.2 Å². The van der Waals surface area contributed by atoms with Gasteiger partial charge in [0.15, 0.2) is 0 Å². The Balaban J connectivity index is 2.12. The van der Waals surface area contributed by atoms with Gasteiger partial charge in [-0.05, 0) is 18.2 Å². The van der Waals surface area contributed by atoms with Crippen LogP contribution in [0.15, 0.2) is 18.2 Å². The lowest BCUT2D eigenvalue weighted by atomic mass is 9.89. The summed E-state index contributed by atoms with van der Waals surface area (Å²) in [5.74, 6) is -1.78. The van der Waals surface area contributed by atoms with E-state index in [9.17, 15) is 18.8 Å². The van der Waals surface area contributed by atoms with E-state index < -0.39 is 29.2 Å². The maximum absolute atomic E-state index is 13.5. The van der Waals surface area contributed by atoms with Gasteiger partial charge >= 0.3 is 6.03 Å². The first kappa shape index (κ1) is 14.3. The number of anilines is 2. The van der Waals surface area contributed by atoms with Crippen LogP contribution in [-0.4, -0.2) is 60.9 Å². The van der Waals surface area contributed by atoms with Gasteiger partial charge < -0.3 is 10.2 Å². The smallest absolute Gasteiger partial charge is 0.333 e. The van der Waals surface area contributed by atoms with E-state index in [-0.39, 0.29) is 6.54 Å². The second-order valence-corrected chi connectivity index (χ2v) is 5.56. The predicted molar refractivity (Wildman–Crippen MR) is 77.0 cm³/mol. The van der Waals surface area contributed by atoms with Crippen molar-refractivity contribution in [1.29, 1.82) is 0 Å². The average molecular weight is 306 g/mol. The Morgan fingerprint density at radius 1 is 1.09 bits per heavy atom. The number of urea groups is 1. The number of rotatable bonds is 0. The molecule has 7 nitrogen and oxygen atoms in total. The molecule has 0 unspecified atom stereocenters. The third-order valence-electron chi connectivity index (χ3n) is 4.11. The van der Waals surface area contributed by atoms with Crippen LogP contribution in [0.2, 0.25) is 0 Å². The molecular formula is C14H15FN4O3. The molecule has 0 bridgehead atoms. The number of hydrogen-bond donors (Lipinski definition) is 1. The Kier molecular flexibility index (Phi) is 2.88. The van der Waals surface area contributed by atoms with Crippen molar-refractivity contribution in [2.75, 3.05) is 37.9 Å². The molecule has 3 rings (SSSR count). The highest BCUT2D eigenvalue weighted by molar-refractivity contribution is 6.24. The number of likely N-dealkylation sites (N-methyl/N-ethyl adjacent to an activating group) is 3. The van der Waals surface area contributed by atoms with Gasteiger partial charge in [-0.3, -0.25) is 19.4 Å². The maximum Gasteiger partial charge on any atom is 0.333 e. The number of hydrogen-bond acceptors (Lipinski definition) is 5. The Hall–Kier alpha value is -2.64. The molecule has 0 saturated carbocycles. The number of fused-ring (bicyclic) bond motifs is 1. The third-order valence-corrected chi connectivity index (χ3v) is 4.11. The molecule has 22 heavy (non-hydrogen) atoms. The second-order valence-electron chi connectivity index (χ2n) is 5.56. The first-order valence-electron chi connectivity index (χ1n) is 6.67. The van der Waals surface area contributed by atoms with Crippen LogP contribution in [0.3, 0.4) is 0 Å². The SMILES string of the molecule is CN1C(=O)N(C)C(=O)C2(CN(C)c3ccc(F)cc3N2)C1=O. The van der Waals surface area contributed by atoms with Crippen molar-refractivity contribution in [2.45, 2.75) is 5.54 Å². The number of benzene rings is 1. The summed E-state index contributed by atoms with van der Waals surface area (Å²) in [6, 6.07) is 3.42.